The summed E-state index contributed by atoms with van der Waals surface area (Å²) < 4.78 is 6.07. The molecule has 1 spiro atoms. The van der Waals surface area contributed by atoms with Crippen LogP contribution in [0.5, 0.6) is 0 Å². The SMILES string of the molecule is C=C(C)C[C@H]1N(Cc2ccccc2)C(=O)[C@@H]2[C@H](C(=O)[O-])[C@H]3C=C[C@]21O3. The summed E-state index contributed by atoms with van der Waals surface area (Å²) in [5, 5.41) is 11.7. The fraction of sp³-hybridized carbons (Fsp3) is 0.400. The van der Waals surface area contributed by atoms with Crippen LogP contribution < -0.4 is 5.11 Å². The first kappa shape index (κ1) is 16.1. The molecule has 0 aromatic heterocycles. The van der Waals surface area contributed by atoms with Gasteiger partial charge in [0.05, 0.1) is 18.1 Å². The number of aliphatic carboxylic acids is 1. The first-order valence-corrected chi connectivity index (χ1v) is 8.51. The Bertz CT molecular complexity index is 771. The van der Waals surface area contributed by atoms with Gasteiger partial charge in [-0.1, -0.05) is 48.1 Å². The van der Waals surface area contributed by atoms with Crippen LogP contribution in [-0.4, -0.2) is 34.5 Å². The number of carbonyl (C=O) groups is 2. The number of fused-ring (bicyclic) bond motifs is 1. The van der Waals surface area contributed by atoms with E-state index in [0.29, 0.717) is 13.0 Å². The summed E-state index contributed by atoms with van der Waals surface area (Å²) in [6, 6.07) is 9.44. The quantitative estimate of drug-likeness (QED) is 0.753. The molecule has 1 aromatic rings. The molecule has 1 amide bonds. The van der Waals surface area contributed by atoms with Crippen LogP contribution in [0, 0.1) is 11.8 Å². The predicted octanol–water partition coefficient (Wildman–Crippen LogP) is 1.05. The molecule has 3 aliphatic heterocycles. The van der Waals surface area contributed by atoms with E-state index in [1.165, 1.54) is 0 Å². The summed E-state index contributed by atoms with van der Waals surface area (Å²) in [4.78, 5) is 26.6. The third kappa shape index (κ3) is 2.26. The van der Waals surface area contributed by atoms with Crippen LogP contribution in [0.15, 0.2) is 54.6 Å². The zero-order chi connectivity index (χ0) is 17.8. The normalized spacial score (nSPS) is 35.2. The van der Waals surface area contributed by atoms with E-state index in [2.05, 4.69) is 6.58 Å². The Kier molecular flexibility index (Phi) is 3.58. The number of nitrogens with zero attached hydrogens (tertiary/aromatic N) is 1. The third-order valence-corrected chi connectivity index (χ3v) is 5.54. The summed E-state index contributed by atoms with van der Waals surface area (Å²) in [5.41, 5.74) is 1.05. The molecule has 3 aliphatic rings. The van der Waals surface area contributed by atoms with Crippen LogP contribution in [-0.2, 0) is 20.9 Å². The summed E-state index contributed by atoms with van der Waals surface area (Å²) in [6.45, 7) is 6.33. The van der Waals surface area contributed by atoms with Gasteiger partial charge in [0.25, 0.3) is 0 Å². The number of carboxylic acids is 1. The number of benzene rings is 1. The van der Waals surface area contributed by atoms with Crippen LogP contribution in [0.2, 0.25) is 0 Å². The van der Waals surface area contributed by atoms with E-state index in [1.807, 2.05) is 43.3 Å². The second-order valence-corrected chi connectivity index (χ2v) is 7.25. The minimum Gasteiger partial charge on any atom is -0.550 e. The van der Waals surface area contributed by atoms with Crippen molar-refractivity contribution in [2.24, 2.45) is 11.8 Å². The minimum atomic E-state index is -1.22. The largest absolute Gasteiger partial charge is 0.550 e. The number of carboxylic acid groups (broad SMARTS) is 1. The molecule has 2 bridgehead atoms. The van der Waals surface area contributed by atoms with Crippen molar-refractivity contribution in [2.75, 3.05) is 0 Å². The van der Waals surface area contributed by atoms with Crippen molar-refractivity contribution in [1.82, 2.24) is 4.90 Å². The van der Waals surface area contributed by atoms with Crippen molar-refractivity contribution in [3.8, 4) is 0 Å². The van der Waals surface area contributed by atoms with Gasteiger partial charge in [-0.05, 0) is 18.9 Å². The molecular weight excluding hydrogens is 318 g/mol. The fourth-order valence-electron chi connectivity index (χ4n) is 4.56. The van der Waals surface area contributed by atoms with Gasteiger partial charge in [0, 0.05) is 18.4 Å². The fourth-order valence-corrected chi connectivity index (χ4v) is 4.56. The Hall–Kier alpha value is -2.40. The average molecular weight is 338 g/mol. The third-order valence-electron chi connectivity index (χ3n) is 5.54. The van der Waals surface area contributed by atoms with Gasteiger partial charge in [0.15, 0.2) is 0 Å². The van der Waals surface area contributed by atoms with Gasteiger partial charge in [0.1, 0.15) is 5.60 Å². The number of rotatable bonds is 5. The van der Waals surface area contributed by atoms with Gasteiger partial charge in [-0.3, -0.25) is 4.79 Å². The van der Waals surface area contributed by atoms with E-state index in [4.69, 9.17) is 4.74 Å². The number of likely N-dealkylation sites (tertiary alicyclic amines) is 1. The molecule has 0 N–H and O–H groups in total. The van der Waals surface area contributed by atoms with E-state index in [9.17, 15) is 14.7 Å². The second-order valence-electron chi connectivity index (χ2n) is 7.25. The van der Waals surface area contributed by atoms with Crippen molar-refractivity contribution < 1.29 is 19.4 Å². The summed E-state index contributed by atoms with van der Waals surface area (Å²) in [6.07, 6.45) is 3.65. The van der Waals surface area contributed by atoms with Crippen molar-refractivity contribution in [2.45, 2.75) is 37.6 Å². The highest BCUT2D eigenvalue weighted by Gasteiger charge is 2.69. The minimum absolute atomic E-state index is 0.170. The maximum absolute atomic E-state index is 13.2. The molecule has 5 nitrogen and oxygen atoms in total. The number of carbonyl (C=O) groups excluding carboxylic acids is 2. The number of ether oxygens (including phenoxy) is 1. The molecule has 2 fully saturated rings. The van der Waals surface area contributed by atoms with Crippen LogP contribution >= 0.6 is 0 Å². The van der Waals surface area contributed by atoms with Crippen molar-refractivity contribution >= 4 is 11.9 Å². The molecule has 0 aliphatic carbocycles. The van der Waals surface area contributed by atoms with Crippen molar-refractivity contribution in [3.63, 3.8) is 0 Å². The average Bonchev–Trinajstić information content (AvgIpc) is 3.20. The van der Waals surface area contributed by atoms with Gasteiger partial charge in [-0.25, -0.2) is 0 Å². The van der Waals surface area contributed by atoms with Gasteiger partial charge in [0.2, 0.25) is 5.91 Å². The van der Waals surface area contributed by atoms with Gasteiger partial charge < -0.3 is 19.5 Å². The first-order chi connectivity index (χ1) is 11.9. The van der Waals surface area contributed by atoms with E-state index >= 15 is 0 Å². The zero-order valence-corrected chi connectivity index (χ0v) is 14.1. The standard InChI is InChI=1S/C20H21NO4/c1-12(2)10-15-20-9-8-14(25-20)16(19(23)24)17(20)18(22)21(15)11-13-6-4-3-5-7-13/h3-9,14-17H,1,10-11H2,2H3,(H,23,24)/p-1/t14-,15-,16-,17+,20-/m1/s1. The lowest BCUT2D eigenvalue weighted by molar-refractivity contribution is -0.313. The topological polar surface area (TPSA) is 69.7 Å². The maximum atomic E-state index is 13.2. The zero-order valence-electron chi connectivity index (χ0n) is 14.1. The van der Waals surface area contributed by atoms with E-state index in [1.54, 1.807) is 11.0 Å². The molecule has 4 rings (SSSR count). The molecular formula is C20H20NO4-. The molecule has 5 heteroatoms. The van der Waals surface area contributed by atoms with Crippen LogP contribution in [0.3, 0.4) is 0 Å². The molecule has 130 valence electrons. The molecule has 0 unspecified atom stereocenters. The molecule has 3 heterocycles. The Morgan fingerprint density at radius 1 is 1.36 bits per heavy atom. The predicted molar refractivity (Wildman–Crippen MR) is 88.9 cm³/mol. The van der Waals surface area contributed by atoms with E-state index < -0.39 is 29.5 Å². The Morgan fingerprint density at radius 3 is 2.72 bits per heavy atom. The highest BCUT2D eigenvalue weighted by atomic mass is 16.5. The summed E-state index contributed by atoms with van der Waals surface area (Å²) in [7, 11) is 0. The number of hydrogen-bond donors (Lipinski definition) is 0. The molecule has 0 saturated carbocycles. The molecule has 25 heavy (non-hydrogen) atoms. The Morgan fingerprint density at radius 2 is 2.08 bits per heavy atom. The van der Waals surface area contributed by atoms with E-state index in [-0.39, 0.29) is 11.9 Å². The van der Waals surface area contributed by atoms with Gasteiger partial charge in [-0.2, -0.15) is 0 Å². The second kappa shape index (κ2) is 5.56. The molecule has 2 saturated heterocycles. The number of hydrogen-bond acceptors (Lipinski definition) is 4. The maximum Gasteiger partial charge on any atom is 0.230 e. The number of amides is 1. The summed E-state index contributed by atoms with van der Waals surface area (Å²) in [5.74, 6) is -3.03. The molecule has 1 aromatic carbocycles. The van der Waals surface area contributed by atoms with Crippen LogP contribution in [0.4, 0.5) is 0 Å². The lowest BCUT2D eigenvalue weighted by Gasteiger charge is -2.33. The van der Waals surface area contributed by atoms with Crippen LogP contribution in [0.25, 0.3) is 0 Å². The Labute approximate surface area is 146 Å². The Balaban J connectivity index is 1.74. The smallest absolute Gasteiger partial charge is 0.230 e. The lowest BCUT2D eigenvalue weighted by atomic mass is 9.74. The lowest BCUT2D eigenvalue weighted by Crippen LogP contribution is -2.46. The first-order valence-electron chi connectivity index (χ1n) is 8.51. The molecule has 0 radical (unpaired) electrons. The summed E-state index contributed by atoms with van der Waals surface area (Å²) >= 11 is 0. The molecule has 5 atom stereocenters. The van der Waals surface area contributed by atoms with Crippen LogP contribution in [0.1, 0.15) is 18.9 Å². The highest BCUT2D eigenvalue weighted by Crippen LogP contribution is 2.56. The van der Waals surface area contributed by atoms with E-state index in [0.717, 1.165) is 11.1 Å². The van der Waals surface area contributed by atoms with Gasteiger partial charge in [-0.15, -0.1) is 6.58 Å². The van der Waals surface area contributed by atoms with Gasteiger partial charge >= 0.3 is 0 Å². The highest BCUT2D eigenvalue weighted by molar-refractivity contribution is 5.91. The van der Waals surface area contributed by atoms with Crippen molar-refractivity contribution in [3.05, 3.63) is 60.2 Å². The van der Waals surface area contributed by atoms with Crippen molar-refractivity contribution in [1.29, 1.82) is 0 Å². The monoisotopic (exact) mass is 338 g/mol.